The van der Waals surface area contributed by atoms with E-state index in [1.807, 2.05) is 31.3 Å². The van der Waals surface area contributed by atoms with Crippen LogP contribution in [0.4, 0.5) is 17.1 Å². The number of aromatic nitrogens is 2. The molecule has 50 heavy (non-hydrogen) atoms. The molecule has 0 spiro atoms. The molecule has 4 heterocycles. The van der Waals surface area contributed by atoms with Gasteiger partial charge in [-0.1, -0.05) is 30.2 Å². The molecule has 0 atom stereocenters. The fourth-order valence-corrected chi connectivity index (χ4v) is 6.67. The summed E-state index contributed by atoms with van der Waals surface area (Å²) in [5, 5.41) is 17.6. The van der Waals surface area contributed by atoms with Crippen molar-refractivity contribution in [3.8, 4) is 17.6 Å². The van der Waals surface area contributed by atoms with E-state index in [1.165, 1.54) is 19.3 Å². The molecule has 260 valence electrons. The van der Waals surface area contributed by atoms with Crippen LogP contribution in [0.2, 0.25) is 5.02 Å². The highest BCUT2D eigenvalue weighted by molar-refractivity contribution is 6.32. The number of carbonyl (C=O) groups excluding carboxylic acids is 1. The maximum absolute atomic E-state index is 13.0. The zero-order chi connectivity index (χ0) is 34.9. The number of pyridine rings is 2. The highest BCUT2D eigenvalue weighted by Crippen LogP contribution is 2.38. The first-order valence-corrected chi connectivity index (χ1v) is 17.7. The molecule has 0 radical (unpaired) electrons. The fraction of sp³-hybridized carbons (Fsp3) is 0.385. The van der Waals surface area contributed by atoms with Crippen molar-refractivity contribution in [3.05, 3.63) is 88.4 Å². The zero-order valence-electron chi connectivity index (χ0n) is 28.6. The van der Waals surface area contributed by atoms with Crippen molar-refractivity contribution in [2.75, 3.05) is 50.1 Å². The lowest BCUT2D eigenvalue weighted by atomic mass is 9.96. The average molecular weight is 695 g/mol. The van der Waals surface area contributed by atoms with E-state index < -0.39 is 0 Å². The van der Waals surface area contributed by atoms with Crippen molar-refractivity contribution in [1.29, 1.82) is 5.26 Å². The number of anilines is 3. The Morgan fingerprint density at radius 1 is 1.10 bits per heavy atom. The monoisotopic (exact) mass is 694 g/mol. The number of carbonyl (C=O) groups is 1. The van der Waals surface area contributed by atoms with Gasteiger partial charge in [0.05, 0.1) is 39.8 Å². The number of likely N-dealkylation sites (tertiary alicyclic amines) is 1. The van der Waals surface area contributed by atoms with Gasteiger partial charge in [0, 0.05) is 66.3 Å². The molecule has 0 bridgehead atoms. The number of rotatable bonds is 12. The lowest BCUT2D eigenvalue weighted by Crippen LogP contribution is -2.29. The molecule has 0 aliphatic carbocycles. The largest absolute Gasteiger partial charge is 0.492 e. The average Bonchev–Trinajstić information content (AvgIpc) is 3.13. The number of amides is 1. The minimum atomic E-state index is -0.259. The van der Waals surface area contributed by atoms with Crippen molar-refractivity contribution >= 4 is 45.5 Å². The third-order valence-corrected chi connectivity index (χ3v) is 9.40. The molecule has 0 unspecified atom stereocenters. The second-order valence-corrected chi connectivity index (χ2v) is 13.1. The number of fused-ring (bicyclic) bond motifs is 1. The molecular weight excluding hydrogens is 652 g/mol. The molecule has 2 fully saturated rings. The van der Waals surface area contributed by atoms with Crippen LogP contribution >= 0.6 is 11.6 Å². The molecule has 2 aliphatic heterocycles. The Labute approximate surface area is 298 Å². The van der Waals surface area contributed by atoms with E-state index >= 15 is 0 Å². The van der Waals surface area contributed by atoms with Gasteiger partial charge in [-0.25, -0.2) is 0 Å². The summed E-state index contributed by atoms with van der Waals surface area (Å²) in [7, 11) is 0. The number of nitriles is 1. The van der Waals surface area contributed by atoms with Crippen molar-refractivity contribution in [2.24, 2.45) is 0 Å². The number of aryl methyl sites for hydroxylation is 1. The van der Waals surface area contributed by atoms with Crippen LogP contribution in [0.1, 0.15) is 67.5 Å². The molecule has 6 rings (SSSR count). The van der Waals surface area contributed by atoms with Crippen molar-refractivity contribution in [3.63, 3.8) is 0 Å². The summed E-state index contributed by atoms with van der Waals surface area (Å²) in [6.45, 7) is 8.81. The van der Waals surface area contributed by atoms with E-state index in [2.05, 4.69) is 32.7 Å². The number of benzene rings is 2. The molecule has 2 aromatic heterocycles. The van der Waals surface area contributed by atoms with Crippen molar-refractivity contribution in [1.82, 2.24) is 14.9 Å². The number of halogens is 1. The van der Waals surface area contributed by atoms with Gasteiger partial charge in [0.15, 0.2) is 0 Å². The number of ether oxygens (including phenoxy) is 3. The number of nitrogens with zero attached hydrogens (tertiary/aromatic N) is 4. The van der Waals surface area contributed by atoms with Gasteiger partial charge in [0.1, 0.15) is 24.2 Å². The predicted octanol–water partition coefficient (Wildman–Crippen LogP) is 8.06. The first-order chi connectivity index (χ1) is 24.4. The Morgan fingerprint density at radius 2 is 1.92 bits per heavy atom. The van der Waals surface area contributed by atoms with Crippen LogP contribution in [0.25, 0.3) is 10.9 Å². The summed E-state index contributed by atoms with van der Waals surface area (Å²) in [5.74, 6) is 1.20. The smallest absolute Gasteiger partial charge is 0.248 e. The van der Waals surface area contributed by atoms with Gasteiger partial charge in [-0.05, 0) is 83.0 Å². The predicted molar refractivity (Wildman–Crippen MR) is 197 cm³/mol. The Bertz CT molecular complexity index is 1880. The first kappa shape index (κ1) is 35.1. The van der Waals surface area contributed by atoms with Gasteiger partial charge in [0.25, 0.3) is 0 Å². The maximum atomic E-state index is 13.0. The number of nitrogens with one attached hydrogen (secondary N) is 2. The van der Waals surface area contributed by atoms with E-state index in [4.69, 9.17) is 30.8 Å². The van der Waals surface area contributed by atoms with Crippen LogP contribution in [-0.2, 0) is 16.1 Å². The lowest BCUT2D eigenvalue weighted by Gasteiger charge is -2.24. The summed E-state index contributed by atoms with van der Waals surface area (Å²) < 4.78 is 17.4. The quantitative estimate of drug-likeness (QED) is 0.142. The Kier molecular flexibility index (Phi) is 11.8. The molecular formula is C39H43ClN6O4. The second-order valence-electron chi connectivity index (χ2n) is 12.6. The molecule has 2 N–H and O–H groups in total. The van der Waals surface area contributed by atoms with E-state index in [0.717, 1.165) is 56.9 Å². The Morgan fingerprint density at radius 3 is 2.64 bits per heavy atom. The lowest BCUT2D eigenvalue weighted by molar-refractivity contribution is -0.111. The van der Waals surface area contributed by atoms with Gasteiger partial charge in [-0.3, -0.25) is 19.7 Å². The molecule has 1 amide bonds. The first-order valence-electron chi connectivity index (χ1n) is 17.3. The SMILES string of the molecule is CCOc1cc2nc(C)c(C#N)c(Nc3ccc(OCc4ccc(C5CCOCC5)nc4)c(Cl)c3)c2cc1NC(=O)/C=C/CN1CCCCC1. The third kappa shape index (κ3) is 8.72. The number of piperidine rings is 1. The second kappa shape index (κ2) is 16.8. The highest BCUT2D eigenvalue weighted by Gasteiger charge is 2.19. The van der Waals surface area contributed by atoms with E-state index in [-0.39, 0.29) is 5.91 Å². The van der Waals surface area contributed by atoms with E-state index in [1.54, 1.807) is 37.3 Å². The zero-order valence-corrected chi connectivity index (χ0v) is 29.4. The maximum Gasteiger partial charge on any atom is 0.248 e. The molecule has 11 heteroatoms. The highest BCUT2D eigenvalue weighted by atomic mass is 35.5. The standard InChI is InChI=1S/C39H43ClN6O4/c1-3-49-37-22-34-30(21-35(37)45-38(47)8-7-17-46-15-5-4-6-16-46)39(31(23-41)26(2)43-34)44-29-10-12-36(32(40)20-29)50-25-27-9-11-33(42-24-27)28-13-18-48-19-14-28/h7-12,20-22,24,28H,3-6,13-19,25H2,1-2H3,(H,43,44)(H,45,47)/b8-7+. The van der Waals surface area contributed by atoms with Crippen LogP contribution in [0.3, 0.4) is 0 Å². The summed E-state index contributed by atoms with van der Waals surface area (Å²) in [6.07, 6.45) is 10.9. The summed E-state index contributed by atoms with van der Waals surface area (Å²) in [4.78, 5) is 24.7. The Balaban J connectivity index is 1.19. The molecule has 2 aromatic carbocycles. The van der Waals surface area contributed by atoms with Gasteiger partial charge in [-0.2, -0.15) is 5.26 Å². The Hall–Kier alpha value is -4.69. The van der Waals surface area contributed by atoms with Crippen LogP contribution in [0.5, 0.6) is 11.5 Å². The molecule has 2 saturated heterocycles. The molecule has 2 aliphatic rings. The van der Waals surface area contributed by atoms with Gasteiger partial charge in [0.2, 0.25) is 5.91 Å². The van der Waals surface area contributed by atoms with E-state index in [0.29, 0.717) is 74.9 Å². The minimum absolute atomic E-state index is 0.259. The molecule has 10 nitrogen and oxygen atoms in total. The van der Waals surface area contributed by atoms with Gasteiger partial charge >= 0.3 is 0 Å². The summed E-state index contributed by atoms with van der Waals surface area (Å²) in [5.41, 5.74) is 5.30. The van der Waals surface area contributed by atoms with Crippen molar-refractivity contribution in [2.45, 2.75) is 58.5 Å². The van der Waals surface area contributed by atoms with Gasteiger partial charge < -0.3 is 24.8 Å². The van der Waals surface area contributed by atoms with Crippen LogP contribution in [-0.4, -0.2) is 60.2 Å². The van der Waals surface area contributed by atoms with Crippen LogP contribution in [0.15, 0.2) is 60.8 Å². The van der Waals surface area contributed by atoms with Crippen LogP contribution in [0, 0.1) is 18.3 Å². The van der Waals surface area contributed by atoms with Gasteiger partial charge in [-0.15, -0.1) is 0 Å². The summed E-state index contributed by atoms with van der Waals surface area (Å²) >= 11 is 6.70. The molecule has 4 aromatic rings. The third-order valence-electron chi connectivity index (χ3n) is 9.10. The van der Waals surface area contributed by atoms with E-state index in [9.17, 15) is 10.1 Å². The van der Waals surface area contributed by atoms with Crippen molar-refractivity contribution < 1.29 is 19.0 Å². The normalized spacial score (nSPS) is 15.6. The number of hydrogen-bond donors (Lipinski definition) is 2. The summed E-state index contributed by atoms with van der Waals surface area (Å²) in [6, 6.07) is 15.4. The minimum Gasteiger partial charge on any atom is -0.492 e. The topological polar surface area (TPSA) is 122 Å². The fourth-order valence-electron chi connectivity index (χ4n) is 6.44. The number of hydrogen-bond acceptors (Lipinski definition) is 9. The molecule has 0 saturated carbocycles. The van der Waals surface area contributed by atoms with Crippen LogP contribution < -0.4 is 20.1 Å².